The molecule has 1 aromatic carbocycles. The number of halogens is 2. The summed E-state index contributed by atoms with van der Waals surface area (Å²) in [5.41, 5.74) is 0.681. The highest BCUT2D eigenvalue weighted by Crippen LogP contribution is 2.17. The van der Waals surface area contributed by atoms with E-state index in [2.05, 4.69) is 20.7 Å². The fourth-order valence-corrected chi connectivity index (χ4v) is 2.53. The highest BCUT2D eigenvalue weighted by molar-refractivity contribution is 6.33. The van der Waals surface area contributed by atoms with Gasteiger partial charge in [-0.25, -0.2) is 14.1 Å². The second kappa shape index (κ2) is 8.41. The van der Waals surface area contributed by atoms with Crippen molar-refractivity contribution in [2.75, 3.05) is 11.9 Å². The molecule has 2 N–H and O–H groups in total. The molecule has 0 bridgehead atoms. The van der Waals surface area contributed by atoms with Crippen LogP contribution in [0.5, 0.6) is 0 Å². The van der Waals surface area contributed by atoms with Gasteiger partial charge in [0.05, 0.1) is 22.5 Å². The van der Waals surface area contributed by atoms with Gasteiger partial charge in [0.2, 0.25) is 5.91 Å². The molecule has 0 spiro atoms. The van der Waals surface area contributed by atoms with Crippen molar-refractivity contribution in [1.82, 2.24) is 20.1 Å². The van der Waals surface area contributed by atoms with E-state index in [0.717, 1.165) is 12.1 Å². The number of carbonyl (C=O) groups excluding carboxylic acids is 2. The molecule has 0 saturated heterocycles. The van der Waals surface area contributed by atoms with Gasteiger partial charge < -0.3 is 10.6 Å². The van der Waals surface area contributed by atoms with E-state index in [-0.39, 0.29) is 29.5 Å². The maximum Gasteiger partial charge on any atom is 0.252 e. The van der Waals surface area contributed by atoms with Crippen molar-refractivity contribution in [2.24, 2.45) is 0 Å². The maximum atomic E-state index is 13.0. The SMILES string of the molecule is O=C(CCNC(=O)c1ccc(F)cc1Cl)Nc1ccc(-n2cccn2)nc1. The Bertz CT molecular complexity index is 945. The summed E-state index contributed by atoms with van der Waals surface area (Å²) in [6.45, 7) is 0.108. The molecule has 7 nitrogen and oxygen atoms in total. The van der Waals surface area contributed by atoms with Crippen molar-refractivity contribution < 1.29 is 14.0 Å². The lowest BCUT2D eigenvalue weighted by molar-refractivity contribution is -0.116. The molecule has 0 unspecified atom stereocenters. The quantitative estimate of drug-likeness (QED) is 0.680. The van der Waals surface area contributed by atoms with Gasteiger partial charge in [0.1, 0.15) is 5.82 Å². The summed E-state index contributed by atoms with van der Waals surface area (Å²) in [7, 11) is 0. The molecule has 0 aliphatic rings. The molecular weight excluding hydrogens is 373 g/mol. The molecule has 0 atom stereocenters. The Morgan fingerprint density at radius 1 is 1.22 bits per heavy atom. The molecular formula is C18H15ClFN5O2. The smallest absolute Gasteiger partial charge is 0.252 e. The van der Waals surface area contributed by atoms with Crippen LogP contribution >= 0.6 is 11.6 Å². The summed E-state index contributed by atoms with van der Waals surface area (Å²) in [5.74, 6) is -0.656. The van der Waals surface area contributed by atoms with Gasteiger partial charge in [-0.05, 0) is 36.4 Å². The number of hydrogen-bond acceptors (Lipinski definition) is 4. The standard InChI is InChI=1S/C18H15ClFN5O2/c19-15-10-12(20)2-4-14(15)18(27)21-8-6-17(26)24-13-3-5-16(22-11-13)25-9-1-7-23-25/h1-5,7,9-11H,6,8H2,(H,21,27)(H,24,26). The first-order valence-electron chi connectivity index (χ1n) is 8.02. The van der Waals surface area contributed by atoms with Crippen LogP contribution in [0.3, 0.4) is 0 Å². The zero-order valence-corrected chi connectivity index (χ0v) is 14.8. The van der Waals surface area contributed by atoms with Crippen molar-refractivity contribution >= 4 is 29.1 Å². The number of aromatic nitrogens is 3. The number of nitrogens with one attached hydrogen (secondary N) is 2. The van der Waals surface area contributed by atoms with E-state index < -0.39 is 11.7 Å². The summed E-state index contributed by atoms with van der Waals surface area (Å²) in [6, 6.07) is 8.71. The first-order valence-corrected chi connectivity index (χ1v) is 8.40. The summed E-state index contributed by atoms with van der Waals surface area (Å²) < 4.78 is 14.6. The average Bonchev–Trinajstić information content (AvgIpc) is 3.17. The van der Waals surface area contributed by atoms with Gasteiger partial charge in [-0.15, -0.1) is 0 Å². The lowest BCUT2D eigenvalue weighted by Crippen LogP contribution is -2.28. The number of nitrogens with zero attached hydrogens (tertiary/aromatic N) is 3. The molecule has 138 valence electrons. The van der Waals surface area contributed by atoms with Crippen LogP contribution in [0.25, 0.3) is 5.82 Å². The van der Waals surface area contributed by atoms with Gasteiger partial charge in [-0.2, -0.15) is 5.10 Å². The highest BCUT2D eigenvalue weighted by Gasteiger charge is 2.11. The van der Waals surface area contributed by atoms with Crippen LogP contribution in [0.15, 0.2) is 55.0 Å². The second-order valence-corrected chi connectivity index (χ2v) is 5.94. The van der Waals surface area contributed by atoms with Crippen LogP contribution in [0.1, 0.15) is 16.8 Å². The molecule has 0 saturated carbocycles. The first-order chi connectivity index (χ1) is 13.0. The molecule has 0 aliphatic carbocycles. The zero-order valence-electron chi connectivity index (χ0n) is 14.0. The molecule has 9 heteroatoms. The minimum Gasteiger partial charge on any atom is -0.351 e. The van der Waals surface area contributed by atoms with E-state index in [0.29, 0.717) is 11.5 Å². The number of pyridine rings is 1. The molecule has 3 aromatic rings. The zero-order chi connectivity index (χ0) is 19.2. The van der Waals surface area contributed by atoms with E-state index in [1.807, 2.05) is 0 Å². The molecule has 2 aromatic heterocycles. The Labute approximate surface area is 159 Å². The summed E-state index contributed by atoms with van der Waals surface area (Å²) in [4.78, 5) is 28.2. The van der Waals surface area contributed by atoms with Crippen molar-refractivity contribution in [3.05, 3.63) is 71.4 Å². The highest BCUT2D eigenvalue weighted by atomic mass is 35.5. The number of carbonyl (C=O) groups is 2. The van der Waals surface area contributed by atoms with Gasteiger partial charge in [0.15, 0.2) is 5.82 Å². The van der Waals surface area contributed by atoms with Crippen LogP contribution in [0.4, 0.5) is 10.1 Å². The second-order valence-electron chi connectivity index (χ2n) is 5.53. The first kappa shape index (κ1) is 18.5. The Kier molecular flexibility index (Phi) is 5.77. The lowest BCUT2D eigenvalue weighted by Gasteiger charge is -2.08. The molecule has 27 heavy (non-hydrogen) atoms. The number of rotatable bonds is 6. The Hall–Kier alpha value is -3.26. The predicted molar refractivity (Wildman–Crippen MR) is 98.3 cm³/mol. The summed E-state index contributed by atoms with van der Waals surface area (Å²) >= 11 is 5.83. The van der Waals surface area contributed by atoms with Crippen LogP contribution in [0, 0.1) is 5.82 Å². The van der Waals surface area contributed by atoms with Crippen molar-refractivity contribution in [1.29, 1.82) is 0 Å². The third kappa shape index (κ3) is 4.89. The molecule has 0 radical (unpaired) electrons. The summed E-state index contributed by atoms with van der Waals surface area (Å²) in [6.07, 6.45) is 4.98. The van der Waals surface area contributed by atoms with E-state index in [1.54, 1.807) is 35.3 Å². The van der Waals surface area contributed by atoms with Gasteiger partial charge in [-0.3, -0.25) is 9.59 Å². The maximum absolute atomic E-state index is 13.0. The van der Waals surface area contributed by atoms with Crippen molar-refractivity contribution in [3.63, 3.8) is 0 Å². The Morgan fingerprint density at radius 3 is 2.74 bits per heavy atom. The molecule has 3 rings (SSSR count). The van der Waals surface area contributed by atoms with Crippen molar-refractivity contribution in [2.45, 2.75) is 6.42 Å². The fourth-order valence-electron chi connectivity index (χ4n) is 2.28. The number of hydrogen-bond donors (Lipinski definition) is 2. The normalized spacial score (nSPS) is 10.4. The number of benzene rings is 1. The van der Waals surface area contributed by atoms with Crippen LogP contribution in [-0.4, -0.2) is 33.1 Å². The molecule has 2 heterocycles. The number of amides is 2. The molecule has 0 aliphatic heterocycles. The average molecular weight is 388 g/mol. The Balaban J connectivity index is 1.47. The topological polar surface area (TPSA) is 88.9 Å². The minimum absolute atomic E-state index is 0.0142. The van der Waals surface area contributed by atoms with E-state index >= 15 is 0 Å². The minimum atomic E-state index is -0.525. The summed E-state index contributed by atoms with van der Waals surface area (Å²) in [5, 5.41) is 9.34. The third-order valence-electron chi connectivity index (χ3n) is 3.58. The van der Waals surface area contributed by atoms with Crippen LogP contribution < -0.4 is 10.6 Å². The molecule has 2 amide bonds. The Morgan fingerprint density at radius 2 is 2.07 bits per heavy atom. The van der Waals surface area contributed by atoms with Crippen LogP contribution in [0.2, 0.25) is 5.02 Å². The van der Waals surface area contributed by atoms with Gasteiger partial charge in [0, 0.05) is 25.4 Å². The van der Waals surface area contributed by atoms with Gasteiger partial charge in [0.25, 0.3) is 5.91 Å². The third-order valence-corrected chi connectivity index (χ3v) is 3.90. The number of anilines is 1. The van der Waals surface area contributed by atoms with E-state index in [9.17, 15) is 14.0 Å². The van der Waals surface area contributed by atoms with E-state index in [4.69, 9.17) is 11.6 Å². The largest absolute Gasteiger partial charge is 0.351 e. The van der Waals surface area contributed by atoms with E-state index in [1.165, 1.54) is 12.3 Å². The lowest BCUT2D eigenvalue weighted by atomic mass is 10.2. The predicted octanol–water partition coefficient (Wildman–Crippen LogP) is 2.82. The van der Waals surface area contributed by atoms with Gasteiger partial charge >= 0.3 is 0 Å². The molecule has 0 fully saturated rings. The van der Waals surface area contributed by atoms with Gasteiger partial charge in [-0.1, -0.05) is 11.6 Å². The van der Waals surface area contributed by atoms with Crippen molar-refractivity contribution in [3.8, 4) is 5.82 Å². The fraction of sp³-hybridized carbons (Fsp3) is 0.111. The van der Waals surface area contributed by atoms with Crippen LogP contribution in [-0.2, 0) is 4.79 Å². The monoisotopic (exact) mass is 387 g/mol.